The number of halogens is 1. The zero-order valence-corrected chi connectivity index (χ0v) is 10.4. The van der Waals surface area contributed by atoms with Crippen LogP contribution in [0, 0.1) is 0 Å². The minimum atomic E-state index is -2.17. The molecular weight excluding hydrogens is 285 g/mol. The van der Waals surface area contributed by atoms with E-state index in [0.29, 0.717) is 0 Å². The van der Waals surface area contributed by atoms with Crippen LogP contribution in [0.4, 0.5) is 0 Å². The highest BCUT2D eigenvalue weighted by Crippen LogP contribution is 2.20. The van der Waals surface area contributed by atoms with Gasteiger partial charge in [-0.3, -0.25) is 4.98 Å². The molecule has 0 spiro atoms. The van der Waals surface area contributed by atoms with E-state index in [1.165, 1.54) is 11.1 Å². The highest BCUT2D eigenvalue weighted by atomic mass is 79.9. The lowest BCUT2D eigenvalue weighted by Gasteiger charge is -1.99. The van der Waals surface area contributed by atoms with Crippen molar-refractivity contribution in [2.24, 2.45) is 0 Å². The molecule has 0 radical (unpaired) electrons. The van der Waals surface area contributed by atoms with E-state index in [2.05, 4.69) is 33.0 Å². The van der Waals surface area contributed by atoms with Crippen molar-refractivity contribution in [3.05, 3.63) is 53.3 Å². The van der Waals surface area contributed by atoms with Crippen LogP contribution in [-0.2, 0) is 0 Å². The van der Waals surface area contributed by atoms with Crippen LogP contribution < -0.4 is 0 Å². The van der Waals surface area contributed by atoms with Gasteiger partial charge in [-0.05, 0) is 35.4 Å². The fourth-order valence-corrected chi connectivity index (χ4v) is 1.45. The first-order valence-corrected chi connectivity index (χ1v) is 5.59. The number of rotatable bonds is 1. The Balaban J connectivity index is 0.000000317. The van der Waals surface area contributed by atoms with Gasteiger partial charge in [0.2, 0.25) is 0 Å². The second kappa shape index (κ2) is 7.19. The third-order valence-electron chi connectivity index (χ3n) is 1.86. The molecule has 1 heterocycles. The van der Waals surface area contributed by atoms with Crippen LogP contribution in [0.5, 0.6) is 0 Å². The molecule has 3 N–H and O–H groups in total. The molecule has 0 saturated carbocycles. The Hall–Kier alpha value is -1.21. The van der Waals surface area contributed by atoms with E-state index in [1.807, 2.05) is 24.3 Å². The molecule has 4 nitrogen and oxygen atoms in total. The largest absolute Gasteiger partial charge is 0.631 e. The maximum absolute atomic E-state index is 7.17. The molecule has 88 valence electrons. The summed E-state index contributed by atoms with van der Waals surface area (Å²) in [6, 6.07) is 12.2. The van der Waals surface area contributed by atoms with E-state index in [0.717, 1.165) is 4.47 Å². The summed E-state index contributed by atoms with van der Waals surface area (Å²) in [7, 11) is -2.17. The molecule has 0 saturated heterocycles. The van der Waals surface area contributed by atoms with Gasteiger partial charge < -0.3 is 15.1 Å². The summed E-state index contributed by atoms with van der Waals surface area (Å²) >= 11 is 3.41. The van der Waals surface area contributed by atoms with E-state index >= 15 is 0 Å². The van der Waals surface area contributed by atoms with Crippen molar-refractivity contribution in [1.82, 2.24) is 4.98 Å². The highest BCUT2D eigenvalue weighted by molar-refractivity contribution is 9.10. The van der Waals surface area contributed by atoms with Crippen LogP contribution in [0.1, 0.15) is 0 Å². The Morgan fingerprint density at radius 3 is 1.71 bits per heavy atom. The smallest absolute Gasteiger partial charge is 0.402 e. The maximum atomic E-state index is 7.17. The van der Waals surface area contributed by atoms with Crippen molar-refractivity contribution in [3.8, 4) is 11.1 Å². The molecule has 6 heteroatoms. The zero-order valence-electron chi connectivity index (χ0n) is 8.86. The molecule has 2 aromatic rings. The van der Waals surface area contributed by atoms with Gasteiger partial charge in [0.05, 0.1) is 0 Å². The fourth-order valence-electron chi connectivity index (χ4n) is 1.19. The summed E-state index contributed by atoms with van der Waals surface area (Å²) in [5.41, 5.74) is 2.41. The second-order valence-corrected chi connectivity index (χ2v) is 4.00. The summed E-state index contributed by atoms with van der Waals surface area (Å²) < 4.78 is 1.10. The van der Waals surface area contributed by atoms with Crippen LogP contribution >= 0.6 is 15.9 Å². The first-order chi connectivity index (χ1) is 8.09. The number of hydrogen-bond acceptors (Lipinski definition) is 4. The molecule has 1 aromatic heterocycles. The minimum absolute atomic E-state index is 1.10. The molecule has 0 bridgehead atoms. The normalized spacial score (nSPS) is 9.18. The van der Waals surface area contributed by atoms with E-state index in [4.69, 9.17) is 15.1 Å². The van der Waals surface area contributed by atoms with E-state index in [9.17, 15) is 0 Å². The molecule has 0 aliphatic heterocycles. The Kier molecular flexibility index (Phi) is 5.86. The summed E-state index contributed by atoms with van der Waals surface area (Å²) in [4.78, 5) is 3.98. The van der Waals surface area contributed by atoms with Gasteiger partial charge in [-0.25, -0.2) is 0 Å². The first-order valence-electron chi connectivity index (χ1n) is 4.80. The van der Waals surface area contributed by atoms with Crippen molar-refractivity contribution in [2.75, 3.05) is 0 Å². The van der Waals surface area contributed by atoms with Crippen molar-refractivity contribution in [1.29, 1.82) is 0 Å². The van der Waals surface area contributed by atoms with Crippen molar-refractivity contribution >= 4 is 23.3 Å². The van der Waals surface area contributed by atoms with Crippen LogP contribution in [0.3, 0.4) is 0 Å². The summed E-state index contributed by atoms with van der Waals surface area (Å²) in [5.74, 6) is 0. The molecule has 0 unspecified atom stereocenters. The number of hydrogen-bond donors (Lipinski definition) is 3. The fraction of sp³-hybridized carbons (Fsp3) is 0. The van der Waals surface area contributed by atoms with Crippen molar-refractivity contribution in [3.63, 3.8) is 0 Å². The predicted molar refractivity (Wildman–Crippen MR) is 69.8 cm³/mol. The molecule has 0 amide bonds. The molecule has 2 rings (SSSR count). The van der Waals surface area contributed by atoms with Crippen molar-refractivity contribution < 1.29 is 15.1 Å². The standard InChI is InChI=1S/C11H8BrN.BH3O3/c12-11-3-1-9(2-4-11)10-5-7-13-8-6-10;2-1(3)4/h1-8H;2-4H. The number of pyridine rings is 1. The van der Waals surface area contributed by atoms with Gasteiger partial charge in [-0.1, -0.05) is 28.1 Å². The van der Waals surface area contributed by atoms with Crippen LogP contribution in [0.2, 0.25) is 0 Å². The van der Waals surface area contributed by atoms with Gasteiger partial charge in [-0.15, -0.1) is 0 Å². The Bertz CT molecular complexity index is 433. The quantitative estimate of drug-likeness (QED) is 0.697. The molecule has 0 aliphatic rings. The van der Waals surface area contributed by atoms with Gasteiger partial charge in [0.15, 0.2) is 0 Å². The lowest BCUT2D eigenvalue weighted by atomic mass is 10.1. The Morgan fingerprint density at radius 1 is 0.824 bits per heavy atom. The van der Waals surface area contributed by atoms with E-state index in [-0.39, 0.29) is 0 Å². The van der Waals surface area contributed by atoms with Crippen LogP contribution in [0.25, 0.3) is 11.1 Å². The summed E-state index contributed by atoms with van der Waals surface area (Å²) in [6.45, 7) is 0. The number of benzene rings is 1. The average Bonchev–Trinajstić information content (AvgIpc) is 2.30. The molecular formula is C11H11BBrNO3. The lowest BCUT2D eigenvalue weighted by molar-refractivity contribution is 0.278. The number of nitrogens with zero attached hydrogens (tertiary/aromatic N) is 1. The van der Waals surface area contributed by atoms with Gasteiger partial charge in [0, 0.05) is 16.9 Å². The van der Waals surface area contributed by atoms with E-state index in [1.54, 1.807) is 12.4 Å². The lowest BCUT2D eigenvalue weighted by Crippen LogP contribution is -2.07. The summed E-state index contributed by atoms with van der Waals surface area (Å²) in [6.07, 6.45) is 3.61. The van der Waals surface area contributed by atoms with Crippen LogP contribution in [0.15, 0.2) is 53.3 Å². The van der Waals surface area contributed by atoms with Crippen molar-refractivity contribution in [2.45, 2.75) is 0 Å². The SMILES string of the molecule is Brc1ccc(-c2ccncc2)cc1.OB(O)O. The molecule has 1 aromatic carbocycles. The summed E-state index contributed by atoms with van der Waals surface area (Å²) in [5, 5.41) is 21.5. The number of aromatic nitrogens is 1. The average molecular weight is 296 g/mol. The van der Waals surface area contributed by atoms with E-state index < -0.39 is 7.32 Å². The predicted octanol–water partition coefficient (Wildman–Crippen LogP) is 1.46. The molecule has 0 atom stereocenters. The monoisotopic (exact) mass is 295 g/mol. The minimum Gasteiger partial charge on any atom is -0.402 e. The highest BCUT2D eigenvalue weighted by Gasteiger charge is 1.94. The third kappa shape index (κ3) is 5.60. The molecule has 0 fully saturated rings. The van der Waals surface area contributed by atoms with Crippen LogP contribution in [-0.4, -0.2) is 27.4 Å². The van der Waals surface area contributed by atoms with Gasteiger partial charge >= 0.3 is 7.32 Å². The zero-order chi connectivity index (χ0) is 12.7. The van der Waals surface area contributed by atoms with Gasteiger partial charge in [0.25, 0.3) is 0 Å². The van der Waals surface area contributed by atoms with Gasteiger partial charge in [-0.2, -0.15) is 0 Å². The first kappa shape index (κ1) is 13.9. The molecule has 0 aliphatic carbocycles. The molecule has 17 heavy (non-hydrogen) atoms. The Morgan fingerprint density at radius 2 is 1.24 bits per heavy atom. The van der Waals surface area contributed by atoms with Gasteiger partial charge in [0.1, 0.15) is 0 Å². The Labute approximate surface area is 108 Å². The third-order valence-corrected chi connectivity index (χ3v) is 2.39. The topological polar surface area (TPSA) is 73.6 Å². The second-order valence-electron chi connectivity index (χ2n) is 3.09. The maximum Gasteiger partial charge on any atom is 0.631 e.